The summed E-state index contributed by atoms with van der Waals surface area (Å²) < 4.78 is 14.3. The third kappa shape index (κ3) is 3.45. The summed E-state index contributed by atoms with van der Waals surface area (Å²) in [6.45, 7) is 8.98. The van der Waals surface area contributed by atoms with Gasteiger partial charge in [-0.05, 0) is 42.2 Å². The summed E-state index contributed by atoms with van der Waals surface area (Å²) in [5, 5.41) is 3.30. The van der Waals surface area contributed by atoms with Gasteiger partial charge in [0.05, 0.1) is 0 Å². The summed E-state index contributed by atoms with van der Waals surface area (Å²) in [5.74, 6) is -0.156. The van der Waals surface area contributed by atoms with Gasteiger partial charge >= 0.3 is 0 Å². The van der Waals surface area contributed by atoms with Crippen molar-refractivity contribution in [3.8, 4) is 11.1 Å². The molecule has 0 amide bonds. The highest BCUT2D eigenvalue weighted by atomic mass is 19.1. The second kappa shape index (κ2) is 6.19. The molecular formula is C18H22FN. The third-order valence-corrected chi connectivity index (χ3v) is 3.57. The number of aryl methyl sites for hydroxylation is 2. The van der Waals surface area contributed by atoms with E-state index in [1.807, 2.05) is 30.3 Å². The molecule has 106 valence electrons. The zero-order chi connectivity index (χ0) is 14.7. The van der Waals surface area contributed by atoms with Gasteiger partial charge in [-0.2, -0.15) is 0 Å². The molecule has 20 heavy (non-hydrogen) atoms. The van der Waals surface area contributed by atoms with Gasteiger partial charge in [-0.1, -0.05) is 44.2 Å². The van der Waals surface area contributed by atoms with Crippen LogP contribution in [0.3, 0.4) is 0 Å². The van der Waals surface area contributed by atoms with Crippen molar-refractivity contribution in [1.29, 1.82) is 0 Å². The number of rotatable bonds is 4. The Hall–Kier alpha value is -1.67. The lowest BCUT2D eigenvalue weighted by atomic mass is 9.99. The maximum absolute atomic E-state index is 14.3. The number of benzene rings is 2. The minimum atomic E-state index is -0.156. The number of hydrogen-bond donors (Lipinski definition) is 1. The van der Waals surface area contributed by atoms with Crippen LogP contribution in [0.4, 0.5) is 4.39 Å². The summed E-state index contributed by atoms with van der Waals surface area (Å²) in [4.78, 5) is 0. The van der Waals surface area contributed by atoms with E-state index < -0.39 is 0 Å². The number of nitrogens with one attached hydrogen (secondary N) is 1. The SMILES string of the molecule is Cc1ccc(-c2ccc(CNC(C)C)cc2F)cc1C. The molecule has 1 N–H and O–H groups in total. The van der Waals surface area contributed by atoms with Crippen molar-refractivity contribution >= 4 is 0 Å². The molecule has 0 atom stereocenters. The maximum atomic E-state index is 14.3. The lowest BCUT2D eigenvalue weighted by Gasteiger charge is -2.11. The highest BCUT2D eigenvalue weighted by Gasteiger charge is 2.07. The van der Waals surface area contributed by atoms with Gasteiger partial charge in [0, 0.05) is 18.2 Å². The molecule has 2 aromatic carbocycles. The summed E-state index contributed by atoms with van der Waals surface area (Å²) in [7, 11) is 0. The van der Waals surface area contributed by atoms with Gasteiger partial charge in [0.1, 0.15) is 5.82 Å². The molecule has 1 nitrogen and oxygen atoms in total. The van der Waals surface area contributed by atoms with Gasteiger partial charge in [0.2, 0.25) is 0 Å². The Bertz CT molecular complexity index is 602. The van der Waals surface area contributed by atoms with E-state index in [4.69, 9.17) is 0 Å². The van der Waals surface area contributed by atoms with Crippen molar-refractivity contribution in [1.82, 2.24) is 5.32 Å². The zero-order valence-electron chi connectivity index (χ0n) is 12.6. The van der Waals surface area contributed by atoms with Gasteiger partial charge < -0.3 is 5.32 Å². The van der Waals surface area contributed by atoms with E-state index in [-0.39, 0.29) is 5.82 Å². The van der Waals surface area contributed by atoms with Crippen molar-refractivity contribution in [2.45, 2.75) is 40.3 Å². The van der Waals surface area contributed by atoms with E-state index in [1.165, 1.54) is 11.1 Å². The lowest BCUT2D eigenvalue weighted by Crippen LogP contribution is -2.21. The smallest absolute Gasteiger partial charge is 0.131 e. The fourth-order valence-electron chi connectivity index (χ4n) is 2.13. The summed E-state index contributed by atoms with van der Waals surface area (Å²) in [6.07, 6.45) is 0. The van der Waals surface area contributed by atoms with Crippen LogP contribution in [0, 0.1) is 19.7 Å². The van der Waals surface area contributed by atoms with Gasteiger partial charge in [0.15, 0.2) is 0 Å². The Morgan fingerprint density at radius 3 is 2.35 bits per heavy atom. The quantitative estimate of drug-likeness (QED) is 0.856. The van der Waals surface area contributed by atoms with E-state index in [0.29, 0.717) is 18.2 Å². The minimum Gasteiger partial charge on any atom is -0.310 e. The van der Waals surface area contributed by atoms with Crippen LogP contribution in [-0.4, -0.2) is 6.04 Å². The molecule has 0 bridgehead atoms. The Morgan fingerprint density at radius 1 is 1.00 bits per heavy atom. The first-order valence-electron chi connectivity index (χ1n) is 7.07. The molecule has 0 unspecified atom stereocenters. The molecule has 2 aromatic rings. The predicted molar refractivity (Wildman–Crippen MR) is 83.3 cm³/mol. The Morgan fingerprint density at radius 2 is 1.75 bits per heavy atom. The van der Waals surface area contributed by atoms with Crippen LogP contribution in [0.2, 0.25) is 0 Å². The molecule has 2 heteroatoms. The highest BCUT2D eigenvalue weighted by Crippen LogP contribution is 2.25. The van der Waals surface area contributed by atoms with Crippen molar-refractivity contribution < 1.29 is 4.39 Å². The monoisotopic (exact) mass is 271 g/mol. The molecule has 0 spiro atoms. The van der Waals surface area contributed by atoms with Crippen LogP contribution in [0.5, 0.6) is 0 Å². The van der Waals surface area contributed by atoms with E-state index in [2.05, 4.69) is 33.0 Å². The van der Waals surface area contributed by atoms with Crippen LogP contribution in [0.25, 0.3) is 11.1 Å². The van der Waals surface area contributed by atoms with E-state index in [1.54, 1.807) is 6.07 Å². The molecular weight excluding hydrogens is 249 g/mol. The average Bonchev–Trinajstić information content (AvgIpc) is 2.40. The Balaban J connectivity index is 2.27. The maximum Gasteiger partial charge on any atom is 0.131 e. The molecule has 0 aliphatic heterocycles. The van der Waals surface area contributed by atoms with E-state index >= 15 is 0 Å². The summed E-state index contributed by atoms with van der Waals surface area (Å²) in [6, 6.07) is 11.9. The Kier molecular flexibility index (Phi) is 4.56. The molecule has 0 heterocycles. The summed E-state index contributed by atoms with van der Waals surface area (Å²) in [5.41, 5.74) is 5.00. The first kappa shape index (κ1) is 14.7. The van der Waals surface area contributed by atoms with E-state index in [9.17, 15) is 4.39 Å². The van der Waals surface area contributed by atoms with Crippen LogP contribution >= 0.6 is 0 Å². The standard InChI is InChI=1S/C18H22FN/c1-12(2)20-11-15-6-8-17(18(19)10-15)16-7-5-13(3)14(4)9-16/h5-10,12,20H,11H2,1-4H3. The Labute approximate surface area is 120 Å². The van der Waals surface area contributed by atoms with Crippen LogP contribution in [-0.2, 0) is 6.54 Å². The second-order valence-electron chi connectivity index (χ2n) is 5.65. The topological polar surface area (TPSA) is 12.0 Å². The van der Waals surface area contributed by atoms with Gasteiger partial charge in [0.25, 0.3) is 0 Å². The van der Waals surface area contributed by atoms with E-state index in [0.717, 1.165) is 11.1 Å². The molecule has 0 aromatic heterocycles. The first-order valence-corrected chi connectivity index (χ1v) is 7.07. The largest absolute Gasteiger partial charge is 0.310 e. The normalized spacial score (nSPS) is 11.1. The van der Waals surface area contributed by atoms with Crippen molar-refractivity contribution in [3.63, 3.8) is 0 Å². The fraction of sp³-hybridized carbons (Fsp3) is 0.333. The number of halogens is 1. The van der Waals surface area contributed by atoms with Gasteiger partial charge in [-0.3, -0.25) is 0 Å². The number of hydrogen-bond acceptors (Lipinski definition) is 1. The zero-order valence-corrected chi connectivity index (χ0v) is 12.6. The highest BCUT2D eigenvalue weighted by molar-refractivity contribution is 5.65. The molecule has 0 fully saturated rings. The van der Waals surface area contributed by atoms with Crippen molar-refractivity contribution in [3.05, 3.63) is 58.9 Å². The van der Waals surface area contributed by atoms with Crippen molar-refractivity contribution in [2.75, 3.05) is 0 Å². The molecule has 0 aliphatic rings. The second-order valence-corrected chi connectivity index (χ2v) is 5.65. The molecule has 0 saturated carbocycles. The average molecular weight is 271 g/mol. The van der Waals surface area contributed by atoms with Crippen LogP contribution in [0.15, 0.2) is 36.4 Å². The molecule has 0 aliphatic carbocycles. The third-order valence-electron chi connectivity index (χ3n) is 3.57. The minimum absolute atomic E-state index is 0.156. The van der Waals surface area contributed by atoms with Crippen molar-refractivity contribution in [2.24, 2.45) is 0 Å². The molecule has 0 radical (unpaired) electrons. The van der Waals surface area contributed by atoms with Crippen LogP contribution < -0.4 is 5.32 Å². The van der Waals surface area contributed by atoms with Gasteiger partial charge in [-0.25, -0.2) is 4.39 Å². The first-order chi connectivity index (χ1) is 9.47. The molecule has 0 saturated heterocycles. The molecule has 2 rings (SSSR count). The predicted octanol–water partition coefficient (Wildman–Crippen LogP) is 4.61. The van der Waals surface area contributed by atoms with Gasteiger partial charge in [-0.15, -0.1) is 0 Å². The lowest BCUT2D eigenvalue weighted by molar-refractivity contribution is 0.582. The summed E-state index contributed by atoms with van der Waals surface area (Å²) >= 11 is 0. The fourth-order valence-corrected chi connectivity index (χ4v) is 2.13. The van der Waals surface area contributed by atoms with Crippen LogP contribution in [0.1, 0.15) is 30.5 Å².